The smallest absolute Gasteiger partial charge is 0.232 e. The SMILES string of the molecule is CCCS(=O)(=O)Nc1ccc(-c2c(C#N)c3ccc(Nc4ccccn4)cc3n2C2CCC2)cc1. The summed E-state index contributed by atoms with van der Waals surface area (Å²) in [6, 6.07) is 21.8. The molecular weight excluding hydrogens is 458 g/mol. The molecule has 2 aromatic carbocycles. The quantitative estimate of drug-likeness (QED) is 0.310. The van der Waals surface area contributed by atoms with Crippen LogP contribution in [0.15, 0.2) is 66.9 Å². The molecule has 0 unspecified atom stereocenters. The molecule has 1 saturated carbocycles. The number of rotatable bonds is 8. The van der Waals surface area contributed by atoms with Crippen LogP contribution in [0.1, 0.15) is 44.2 Å². The Bertz CT molecular complexity index is 1500. The highest BCUT2D eigenvalue weighted by Crippen LogP contribution is 2.43. The Balaban J connectivity index is 1.58. The van der Waals surface area contributed by atoms with Gasteiger partial charge in [0, 0.05) is 29.0 Å². The van der Waals surface area contributed by atoms with Crippen LogP contribution in [-0.4, -0.2) is 23.7 Å². The first-order valence-corrected chi connectivity index (χ1v) is 13.5. The Morgan fingerprint density at radius 2 is 1.86 bits per heavy atom. The maximum atomic E-state index is 12.2. The molecule has 0 saturated heterocycles. The van der Waals surface area contributed by atoms with E-state index in [4.69, 9.17) is 0 Å². The lowest BCUT2D eigenvalue weighted by Crippen LogP contribution is -2.18. The Morgan fingerprint density at radius 1 is 1.09 bits per heavy atom. The predicted molar refractivity (Wildman–Crippen MR) is 140 cm³/mol. The Morgan fingerprint density at radius 3 is 2.49 bits per heavy atom. The number of nitrogens with zero attached hydrogens (tertiary/aromatic N) is 3. The molecule has 1 aliphatic carbocycles. The van der Waals surface area contributed by atoms with E-state index >= 15 is 0 Å². The number of anilines is 3. The minimum absolute atomic E-state index is 0.0815. The molecule has 35 heavy (non-hydrogen) atoms. The molecule has 0 aliphatic heterocycles. The summed E-state index contributed by atoms with van der Waals surface area (Å²) in [5, 5.41) is 14.4. The van der Waals surface area contributed by atoms with E-state index in [2.05, 4.69) is 31.7 Å². The minimum atomic E-state index is -3.36. The molecule has 0 atom stereocenters. The second-order valence-electron chi connectivity index (χ2n) is 8.86. The number of benzene rings is 2. The number of nitriles is 1. The van der Waals surface area contributed by atoms with Crippen molar-refractivity contribution in [2.45, 2.75) is 38.6 Å². The third-order valence-corrected chi connectivity index (χ3v) is 7.89. The number of nitrogens with one attached hydrogen (secondary N) is 2. The van der Waals surface area contributed by atoms with Crippen LogP contribution in [0.2, 0.25) is 0 Å². The van der Waals surface area contributed by atoms with Crippen molar-refractivity contribution in [1.82, 2.24) is 9.55 Å². The number of hydrogen-bond donors (Lipinski definition) is 2. The summed E-state index contributed by atoms with van der Waals surface area (Å²) in [5.41, 5.74) is 4.85. The van der Waals surface area contributed by atoms with Gasteiger partial charge in [-0.2, -0.15) is 5.26 Å². The van der Waals surface area contributed by atoms with Crippen LogP contribution in [0.4, 0.5) is 17.2 Å². The minimum Gasteiger partial charge on any atom is -0.340 e. The number of fused-ring (bicyclic) bond motifs is 1. The summed E-state index contributed by atoms with van der Waals surface area (Å²) in [4.78, 5) is 4.35. The van der Waals surface area contributed by atoms with E-state index in [0.29, 0.717) is 23.7 Å². The van der Waals surface area contributed by atoms with Crippen LogP contribution < -0.4 is 10.0 Å². The highest BCUT2D eigenvalue weighted by molar-refractivity contribution is 7.92. The van der Waals surface area contributed by atoms with Gasteiger partial charge < -0.3 is 9.88 Å². The summed E-state index contributed by atoms with van der Waals surface area (Å²) in [6.45, 7) is 1.84. The summed E-state index contributed by atoms with van der Waals surface area (Å²) >= 11 is 0. The zero-order chi connectivity index (χ0) is 24.4. The zero-order valence-electron chi connectivity index (χ0n) is 19.5. The fraction of sp³-hybridized carbons (Fsp3) is 0.259. The van der Waals surface area contributed by atoms with E-state index in [0.717, 1.165) is 52.9 Å². The van der Waals surface area contributed by atoms with Crippen LogP contribution in [0.3, 0.4) is 0 Å². The molecule has 0 radical (unpaired) electrons. The second-order valence-corrected chi connectivity index (χ2v) is 10.7. The van der Waals surface area contributed by atoms with Crippen molar-refractivity contribution in [2.75, 3.05) is 15.8 Å². The van der Waals surface area contributed by atoms with Gasteiger partial charge in [0.05, 0.1) is 22.5 Å². The van der Waals surface area contributed by atoms with E-state index in [-0.39, 0.29) is 5.75 Å². The van der Waals surface area contributed by atoms with Gasteiger partial charge in [0.2, 0.25) is 10.0 Å². The first kappa shape index (κ1) is 22.9. The van der Waals surface area contributed by atoms with Crippen LogP contribution in [-0.2, 0) is 10.0 Å². The highest BCUT2D eigenvalue weighted by atomic mass is 32.2. The molecule has 2 aromatic heterocycles. The maximum Gasteiger partial charge on any atom is 0.232 e. The standard InChI is InChI=1S/C27H27N5O2S/c1-2-16-35(33,34)31-20-11-9-19(10-12-20)27-24(18-28)23-14-13-21(30-26-8-3-4-15-29-26)17-25(23)32(27)22-6-5-7-22/h3-4,8-15,17,22,31H,2,5-7,16H2,1H3,(H,29,30). The van der Waals surface area contributed by atoms with Gasteiger partial charge in [-0.1, -0.05) is 25.1 Å². The lowest BCUT2D eigenvalue weighted by atomic mass is 9.92. The Hall–Kier alpha value is -3.83. The van der Waals surface area contributed by atoms with Gasteiger partial charge in [-0.25, -0.2) is 13.4 Å². The van der Waals surface area contributed by atoms with Crippen LogP contribution in [0.25, 0.3) is 22.2 Å². The number of sulfonamides is 1. The van der Waals surface area contributed by atoms with E-state index in [1.807, 2.05) is 49.4 Å². The van der Waals surface area contributed by atoms with Gasteiger partial charge in [0.1, 0.15) is 11.9 Å². The fourth-order valence-corrected chi connectivity index (χ4v) is 5.72. The second kappa shape index (κ2) is 9.43. The normalized spacial score (nSPS) is 13.8. The number of hydrogen-bond acceptors (Lipinski definition) is 5. The highest BCUT2D eigenvalue weighted by Gasteiger charge is 2.28. The fourth-order valence-electron chi connectivity index (χ4n) is 4.59. The van der Waals surface area contributed by atoms with Gasteiger partial charge >= 0.3 is 0 Å². The van der Waals surface area contributed by atoms with Crippen LogP contribution in [0.5, 0.6) is 0 Å². The van der Waals surface area contributed by atoms with Crippen molar-refractivity contribution in [3.8, 4) is 17.3 Å². The van der Waals surface area contributed by atoms with E-state index in [9.17, 15) is 13.7 Å². The van der Waals surface area contributed by atoms with Gasteiger partial charge in [-0.05, 0) is 73.7 Å². The summed E-state index contributed by atoms with van der Waals surface area (Å²) in [7, 11) is -3.36. The van der Waals surface area contributed by atoms with Gasteiger partial charge in [-0.3, -0.25) is 4.72 Å². The lowest BCUT2D eigenvalue weighted by molar-refractivity contribution is 0.324. The summed E-state index contributed by atoms with van der Waals surface area (Å²) in [5.74, 6) is 0.841. The van der Waals surface area contributed by atoms with Crippen molar-refractivity contribution in [3.05, 3.63) is 72.4 Å². The molecular formula is C27H27N5O2S. The average molecular weight is 486 g/mol. The third kappa shape index (κ3) is 4.60. The molecule has 4 aromatic rings. The van der Waals surface area contributed by atoms with Crippen LogP contribution in [0, 0.1) is 11.3 Å². The van der Waals surface area contributed by atoms with E-state index in [1.54, 1.807) is 18.3 Å². The first-order chi connectivity index (χ1) is 17.0. The number of aromatic nitrogens is 2. The topological polar surface area (TPSA) is 99.8 Å². The molecule has 0 amide bonds. The van der Waals surface area contributed by atoms with Gasteiger partial charge in [-0.15, -0.1) is 0 Å². The number of pyridine rings is 1. The molecule has 1 fully saturated rings. The van der Waals surface area contributed by atoms with Gasteiger partial charge in [0.25, 0.3) is 0 Å². The third-order valence-electron chi connectivity index (χ3n) is 6.40. The molecule has 7 nitrogen and oxygen atoms in total. The molecule has 8 heteroatoms. The first-order valence-electron chi connectivity index (χ1n) is 11.9. The molecule has 1 aliphatic rings. The summed E-state index contributed by atoms with van der Waals surface area (Å²) < 4.78 is 29.2. The zero-order valence-corrected chi connectivity index (χ0v) is 20.3. The maximum absolute atomic E-state index is 12.2. The lowest BCUT2D eigenvalue weighted by Gasteiger charge is -2.30. The van der Waals surface area contributed by atoms with Crippen molar-refractivity contribution in [3.63, 3.8) is 0 Å². The van der Waals surface area contributed by atoms with E-state index in [1.165, 1.54) is 0 Å². The van der Waals surface area contributed by atoms with Crippen LogP contribution >= 0.6 is 0 Å². The van der Waals surface area contributed by atoms with Crippen molar-refractivity contribution in [1.29, 1.82) is 5.26 Å². The molecule has 5 rings (SSSR count). The molecule has 0 bridgehead atoms. The molecule has 2 heterocycles. The summed E-state index contributed by atoms with van der Waals surface area (Å²) in [6.07, 6.45) is 5.59. The van der Waals surface area contributed by atoms with Crippen molar-refractivity contribution >= 4 is 38.1 Å². The molecule has 0 spiro atoms. The largest absolute Gasteiger partial charge is 0.340 e. The Kier molecular flexibility index (Phi) is 6.18. The molecule has 178 valence electrons. The monoisotopic (exact) mass is 485 g/mol. The van der Waals surface area contributed by atoms with Crippen molar-refractivity contribution < 1.29 is 8.42 Å². The average Bonchev–Trinajstić information content (AvgIpc) is 3.12. The molecule has 2 N–H and O–H groups in total. The van der Waals surface area contributed by atoms with Crippen molar-refractivity contribution in [2.24, 2.45) is 0 Å². The van der Waals surface area contributed by atoms with E-state index < -0.39 is 10.0 Å². The van der Waals surface area contributed by atoms with Gasteiger partial charge in [0.15, 0.2) is 0 Å². The predicted octanol–water partition coefficient (Wildman–Crippen LogP) is 6.20. The Labute approximate surface area is 205 Å².